The van der Waals surface area contributed by atoms with Crippen molar-refractivity contribution < 1.29 is 14.2 Å². The van der Waals surface area contributed by atoms with Crippen LogP contribution >= 0.6 is 0 Å². The third kappa shape index (κ3) is 2.22. The fourth-order valence-corrected chi connectivity index (χ4v) is 4.82. The molecule has 0 N–H and O–H groups in total. The molecule has 4 aliphatic rings. The van der Waals surface area contributed by atoms with Gasteiger partial charge in [-0.05, 0) is 57.3 Å². The quantitative estimate of drug-likeness (QED) is 0.744. The van der Waals surface area contributed by atoms with Crippen molar-refractivity contribution in [2.75, 3.05) is 6.61 Å². The second kappa shape index (κ2) is 3.99. The van der Waals surface area contributed by atoms with Crippen LogP contribution < -0.4 is 0 Å². The molecule has 4 rings (SSSR count). The first-order valence-electron chi connectivity index (χ1n) is 8.27. The Morgan fingerprint density at radius 3 is 2.65 bits per heavy atom. The van der Waals surface area contributed by atoms with Crippen LogP contribution in [0.25, 0.3) is 0 Å². The first-order chi connectivity index (χ1) is 9.30. The summed E-state index contributed by atoms with van der Waals surface area (Å²) in [5.41, 5.74) is 0.663. The third-order valence-corrected chi connectivity index (χ3v) is 6.04. The van der Waals surface area contributed by atoms with Crippen molar-refractivity contribution in [2.24, 2.45) is 11.3 Å². The molecule has 0 aromatic heterocycles. The molecule has 20 heavy (non-hydrogen) atoms. The third-order valence-electron chi connectivity index (χ3n) is 6.04. The summed E-state index contributed by atoms with van der Waals surface area (Å²) in [6, 6.07) is 0. The summed E-state index contributed by atoms with van der Waals surface area (Å²) in [5, 5.41) is 0. The van der Waals surface area contributed by atoms with Crippen molar-refractivity contribution in [1.82, 2.24) is 0 Å². The lowest BCUT2D eigenvalue weighted by Gasteiger charge is -2.36. The summed E-state index contributed by atoms with van der Waals surface area (Å²) < 4.78 is 18.0. The SMILES string of the molecule is CC1(C)CC(OCC2CCC3(C)OC3C2)C2OC2(C)C1. The largest absolute Gasteiger partial charge is 0.375 e. The lowest BCUT2D eigenvalue weighted by molar-refractivity contribution is -0.0248. The lowest BCUT2D eigenvalue weighted by atomic mass is 9.71. The van der Waals surface area contributed by atoms with Gasteiger partial charge in [-0.3, -0.25) is 0 Å². The van der Waals surface area contributed by atoms with E-state index in [9.17, 15) is 0 Å². The van der Waals surface area contributed by atoms with Crippen molar-refractivity contribution in [3.63, 3.8) is 0 Å². The zero-order valence-corrected chi connectivity index (χ0v) is 13.3. The highest BCUT2D eigenvalue weighted by Crippen LogP contribution is 2.55. The Morgan fingerprint density at radius 2 is 1.90 bits per heavy atom. The van der Waals surface area contributed by atoms with E-state index in [1.165, 1.54) is 25.7 Å². The highest BCUT2D eigenvalue weighted by molar-refractivity contribution is 5.11. The van der Waals surface area contributed by atoms with Gasteiger partial charge in [0.1, 0.15) is 6.10 Å². The standard InChI is InChI=1S/C17H28O3/c1-15(2)8-12(14-17(4,10-15)20-14)18-9-11-5-6-16(3)13(7-11)19-16/h11-14H,5-10H2,1-4H3. The monoisotopic (exact) mass is 280 g/mol. The molecule has 0 aromatic carbocycles. The molecule has 3 nitrogen and oxygen atoms in total. The fraction of sp³-hybridized carbons (Fsp3) is 1.00. The van der Waals surface area contributed by atoms with E-state index >= 15 is 0 Å². The lowest BCUT2D eigenvalue weighted by Crippen LogP contribution is -2.40. The van der Waals surface area contributed by atoms with E-state index in [2.05, 4.69) is 27.7 Å². The molecule has 4 fully saturated rings. The zero-order valence-electron chi connectivity index (χ0n) is 13.3. The topological polar surface area (TPSA) is 34.3 Å². The van der Waals surface area contributed by atoms with E-state index < -0.39 is 0 Å². The number of rotatable bonds is 3. The highest BCUT2D eigenvalue weighted by Gasteiger charge is 2.63. The summed E-state index contributed by atoms with van der Waals surface area (Å²) in [4.78, 5) is 0. The average molecular weight is 280 g/mol. The summed E-state index contributed by atoms with van der Waals surface area (Å²) in [7, 11) is 0. The maximum Gasteiger partial charge on any atom is 0.113 e. The second-order valence-corrected chi connectivity index (χ2v) is 8.83. The molecule has 3 heteroatoms. The van der Waals surface area contributed by atoms with Gasteiger partial charge in [-0.25, -0.2) is 0 Å². The molecule has 2 aliphatic heterocycles. The van der Waals surface area contributed by atoms with Crippen molar-refractivity contribution in [3.05, 3.63) is 0 Å². The van der Waals surface area contributed by atoms with Crippen LogP contribution in [0.2, 0.25) is 0 Å². The number of hydrogen-bond donors (Lipinski definition) is 0. The van der Waals surface area contributed by atoms with Crippen LogP contribution in [-0.2, 0) is 14.2 Å². The van der Waals surface area contributed by atoms with E-state index in [1.54, 1.807) is 0 Å². The predicted molar refractivity (Wildman–Crippen MR) is 76.7 cm³/mol. The predicted octanol–water partition coefficient (Wildman–Crippen LogP) is 3.31. The van der Waals surface area contributed by atoms with Crippen LogP contribution in [0, 0.1) is 11.3 Å². The molecule has 0 amide bonds. The summed E-state index contributed by atoms with van der Waals surface area (Å²) in [6.45, 7) is 10.1. The van der Waals surface area contributed by atoms with Crippen LogP contribution in [-0.4, -0.2) is 36.1 Å². The van der Waals surface area contributed by atoms with E-state index in [4.69, 9.17) is 14.2 Å². The summed E-state index contributed by atoms with van der Waals surface area (Å²) in [6.07, 6.45) is 7.12. The zero-order chi connectivity index (χ0) is 14.2. The Kier molecular flexibility index (Phi) is 2.70. The van der Waals surface area contributed by atoms with Gasteiger partial charge >= 0.3 is 0 Å². The number of ether oxygens (including phenoxy) is 3. The minimum atomic E-state index is 0.0944. The first-order valence-corrected chi connectivity index (χ1v) is 8.27. The molecule has 0 aromatic rings. The maximum atomic E-state index is 6.30. The van der Waals surface area contributed by atoms with Crippen molar-refractivity contribution in [1.29, 1.82) is 0 Å². The molecule has 2 aliphatic carbocycles. The van der Waals surface area contributed by atoms with E-state index in [1.807, 2.05) is 0 Å². The molecule has 0 bridgehead atoms. The molecule has 2 saturated heterocycles. The summed E-state index contributed by atoms with van der Waals surface area (Å²) >= 11 is 0. The molecule has 6 atom stereocenters. The van der Waals surface area contributed by atoms with E-state index in [0.717, 1.165) is 13.0 Å². The Balaban J connectivity index is 1.31. The van der Waals surface area contributed by atoms with Crippen LogP contribution in [0.1, 0.15) is 59.8 Å². The molecule has 6 unspecified atom stereocenters. The number of fused-ring (bicyclic) bond motifs is 2. The first kappa shape index (κ1) is 13.5. The van der Waals surface area contributed by atoms with E-state index in [-0.39, 0.29) is 11.2 Å². The minimum absolute atomic E-state index is 0.0944. The number of hydrogen-bond acceptors (Lipinski definition) is 3. The molecular weight excluding hydrogens is 252 g/mol. The highest BCUT2D eigenvalue weighted by atomic mass is 16.6. The molecule has 2 heterocycles. The molecule has 0 spiro atoms. The average Bonchev–Trinajstić information content (AvgIpc) is 3.18. The van der Waals surface area contributed by atoms with Crippen molar-refractivity contribution in [3.8, 4) is 0 Å². The number of epoxide rings is 2. The maximum absolute atomic E-state index is 6.30. The van der Waals surface area contributed by atoms with Gasteiger partial charge in [0.05, 0.1) is 23.4 Å². The van der Waals surface area contributed by atoms with Gasteiger partial charge in [-0.2, -0.15) is 0 Å². The van der Waals surface area contributed by atoms with Gasteiger partial charge in [0.2, 0.25) is 0 Å². The second-order valence-electron chi connectivity index (χ2n) is 8.83. The van der Waals surface area contributed by atoms with Crippen molar-refractivity contribution in [2.45, 2.75) is 89.3 Å². The van der Waals surface area contributed by atoms with Gasteiger partial charge in [-0.1, -0.05) is 13.8 Å². The van der Waals surface area contributed by atoms with Crippen LogP contribution in [0.15, 0.2) is 0 Å². The van der Waals surface area contributed by atoms with Crippen LogP contribution in [0.3, 0.4) is 0 Å². The van der Waals surface area contributed by atoms with Gasteiger partial charge < -0.3 is 14.2 Å². The Hall–Kier alpha value is -0.120. The van der Waals surface area contributed by atoms with Crippen LogP contribution in [0.4, 0.5) is 0 Å². The normalized spacial score (nSPS) is 55.8. The van der Waals surface area contributed by atoms with Gasteiger partial charge in [0.25, 0.3) is 0 Å². The minimum Gasteiger partial charge on any atom is -0.375 e. The molecular formula is C17H28O3. The van der Waals surface area contributed by atoms with Gasteiger partial charge in [-0.15, -0.1) is 0 Å². The Labute approximate surface area is 122 Å². The van der Waals surface area contributed by atoms with Gasteiger partial charge in [0.15, 0.2) is 0 Å². The molecule has 114 valence electrons. The van der Waals surface area contributed by atoms with Gasteiger partial charge in [0, 0.05) is 6.61 Å². The Bertz CT molecular complexity index is 418. The smallest absolute Gasteiger partial charge is 0.113 e. The molecule has 0 radical (unpaired) electrons. The van der Waals surface area contributed by atoms with Crippen LogP contribution in [0.5, 0.6) is 0 Å². The summed E-state index contributed by atoms with van der Waals surface area (Å²) in [5.74, 6) is 0.686. The van der Waals surface area contributed by atoms with E-state index in [0.29, 0.717) is 29.6 Å². The molecule has 2 saturated carbocycles. The van der Waals surface area contributed by atoms with Crippen molar-refractivity contribution >= 4 is 0 Å². The Morgan fingerprint density at radius 1 is 1.10 bits per heavy atom. The fourth-order valence-electron chi connectivity index (χ4n) is 4.82.